The molecule has 2 aliphatic heterocycles. The number of rotatable bonds is 5. The van der Waals surface area contributed by atoms with Gasteiger partial charge in [0.15, 0.2) is 0 Å². The number of hydrogen-bond donors (Lipinski definition) is 1. The molecule has 2 aromatic rings. The Bertz CT molecular complexity index is 1070. The molecular weight excluding hydrogens is 442 g/mol. The average Bonchev–Trinajstić information content (AvgIpc) is 3.25. The van der Waals surface area contributed by atoms with Crippen molar-refractivity contribution in [3.8, 4) is 16.9 Å². The molecule has 0 radical (unpaired) electrons. The second kappa shape index (κ2) is 8.65. The molecule has 0 unspecified atom stereocenters. The van der Waals surface area contributed by atoms with Gasteiger partial charge in [-0.25, -0.2) is 4.79 Å². The number of amides is 1. The van der Waals surface area contributed by atoms with E-state index < -0.39 is 5.97 Å². The normalized spacial score (nSPS) is 23.5. The number of ether oxygens (including phenoxy) is 2. The summed E-state index contributed by atoms with van der Waals surface area (Å²) in [6.07, 6.45) is 4.80. The van der Waals surface area contributed by atoms with Crippen molar-refractivity contribution in [1.82, 2.24) is 4.90 Å². The number of hydrogen-bond acceptors (Lipinski definition) is 4. The molecule has 174 valence electrons. The number of halogens is 1. The van der Waals surface area contributed by atoms with Gasteiger partial charge in [0.1, 0.15) is 11.9 Å². The van der Waals surface area contributed by atoms with Crippen molar-refractivity contribution in [2.24, 2.45) is 5.41 Å². The number of methoxy groups -OCH3 is 1. The first-order valence-corrected chi connectivity index (χ1v) is 11.9. The van der Waals surface area contributed by atoms with Crippen molar-refractivity contribution < 1.29 is 24.2 Å². The van der Waals surface area contributed by atoms with Crippen LogP contribution in [0.4, 0.5) is 0 Å². The van der Waals surface area contributed by atoms with Crippen LogP contribution in [0.25, 0.3) is 11.1 Å². The Morgan fingerprint density at radius 1 is 1.18 bits per heavy atom. The summed E-state index contributed by atoms with van der Waals surface area (Å²) >= 11 is 6.48. The maximum absolute atomic E-state index is 12.6. The van der Waals surface area contributed by atoms with Crippen molar-refractivity contribution >= 4 is 23.5 Å². The number of benzene rings is 2. The second-order valence-corrected chi connectivity index (χ2v) is 9.79. The lowest BCUT2D eigenvalue weighted by Crippen LogP contribution is -2.44. The first-order chi connectivity index (χ1) is 15.9. The van der Waals surface area contributed by atoms with Crippen molar-refractivity contribution in [2.75, 3.05) is 26.8 Å². The Hall–Kier alpha value is -2.57. The maximum Gasteiger partial charge on any atom is 0.335 e. The molecule has 2 saturated heterocycles. The van der Waals surface area contributed by atoms with Gasteiger partial charge in [-0.05, 0) is 66.7 Å². The number of carbonyl (C=O) groups excluding carboxylic acids is 1. The molecule has 1 aliphatic carbocycles. The summed E-state index contributed by atoms with van der Waals surface area (Å²) in [6, 6.07) is 11.3. The quantitative estimate of drug-likeness (QED) is 0.667. The minimum atomic E-state index is -1.02. The number of carboxylic acid groups (broad SMARTS) is 1. The van der Waals surface area contributed by atoms with Crippen molar-refractivity contribution in [1.29, 1.82) is 0 Å². The van der Waals surface area contributed by atoms with Crippen LogP contribution in [0.2, 0.25) is 5.02 Å². The summed E-state index contributed by atoms with van der Waals surface area (Å²) in [7, 11) is 1.48. The predicted octanol–water partition coefficient (Wildman–Crippen LogP) is 4.99. The lowest BCUT2D eigenvalue weighted by Gasteiger charge is -2.34. The third kappa shape index (κ3) is 4.11. The number of carbonyl (C=O) groups is 2. The van der Waals surface area contributed by atoms with Gasteiger partial charge in [0.05, 0.1) is 17.7 Å². The van der Waals surface area contributed by atoms with E-state index in [0.717, 1.165) is 50.8 Å². The number of aromatic carboxylic acids is 1. The van der Waals surface area contributed by atoms with Crippen LogP contribution < -0.4 is 4.74 Å². The fourth-order valence-electron chi connectivity index (χ4n) is 5.49. The summed E-state index contributed by atoms with van der Waals surface area (Å²) < 4.78 is 10.8. The van der Waals surface area contributed by atoms with Gasteiger partial charge in [-0.1, -0.05) is 35.9 Å². The Balaban J connectivity index is 1.28. The monoisotopic (exact) mass is 469 g/mol. The van der Waals surface area contributed by atoms with E-state index in [-0.39, 0.29) is 17.6 Å². The molecule has 33 heavy (non-hydrogen) atoms. The van der Waals surface area contributed by atoms with E-state index in [1.54, 1.807) is 6.07 Å². The van der Waals surface area contributed by atoms with Gasteiger partial charge in [0.2, 0.25) is 0 Å². The summed E-state index contributed by atoms with van der Waals surface area (Å²) in [4.78, 5) is 26.1. The second-order valence-electron chi connectivity index (χ2n) is 9.41. The highest BCUT2D eigenvalue weighted by molar-refractivity contribution is 6.35. The minimum Gasteiger partial charge on any atom is -0.495 e. The molecule has 3 fully saturated rings. The first kappa shape index (κ1) is 22.2. The van der Waals surface area contributed by atoms with Gasteiger partial charge in [-0.15, -0.1) is 0 Å². The zero-order chi connectivity index (χ0) is 23.2. The highest BCUT2D eigenvalue weighted by Crippen LogP contribution is 2.65. The zero-order valence-electron chi connectivity index (χ0n) is 18.7. The number of nitrogens with zero attached hydrogens (tertiary/aromatic N) is 1. The molecule has 2 aromatic carbocycles. The summed E-state index contributed by atoms with van der Waals surface area (Å²) in [5.74, 6) is -0.00475. The van der Waals surface area contributed by atoms with Gasteiger partial charge in [0.25, 0.3) is 5.91 Å². The van der Waals surface area contributed by atoms with Gasteiger partial charge < -0.3 is 19.5 Å². The van der Waals surface area contributed by atoms with Gasteiger partial charge >= 0.3 is 5.97 Å². The Morgan fingerprint density at radius 2 is 1.91 bits per heavy atom. The summed E-state index contributed by atoms with van der Waals surface area (Å²) in [6.45, 7) is 2.32. The third-order valence-corrected chi connectivity index (χ3v) is 7.99. The summed E-state index contributed by atoms with van der Waals surface area (Å²) in [5, 5.41) is 9.82. The number of piperidine rings is 1. The third-order valence-electron chi connectivity index (χ3n) is 7.60. The van der Waals surface area contributed by atoms with Crippen LogP contribution in [-0.4, -0.2) is 54.8 Å². The van der Waals surface area contributed by atoms with Crippen LogP contribution in [0.3, 0.4) is 0 Å². The Morgan fingerprint density at radius 3 is 2.52 bits per heavy atom. The molecule has 1 saturated carbocycles. The lowest BCUT2D eigenvalue weighted by molar-refractivity contribution is -0.142. The molecule has 2 atom stereocenters. The molecule has 1 N–H and O–H groups in total. The molecule has 3 aliphatic rings. The highest BCUT2D eigenvalue weighted by atomic mass is 35.5. The van der Waals surface area contributed by atoms with E-state index >= 15 is 0 Å². The molecular formula is C26H28ClNO5. The van der Waals surface area contributed by atoms with E-state index in [1.807, 2.05) is 17.0 Å². The molecule has 5 rings (SSSR count). The van der Waals surface area contributed by atoms with Gasteiger partial charge in [-0.2, -0.15) is 0 Å². The average molecular weight is 470 g/mol. The zero-order valence-corrected chi connectivity index (χ0v) is 19.4. The first-order valence-electron chi connectivity index (χ1n) is 11.5. The standard InChI is InChI=1S/C26H28ClNO5/c1-32-22-14-18(25(30)31)13-19(23(22)27)16-4-6-17(7-5-16)20-15-26(20)8-10-28(11-9-26)24(29)21-3-2-12-33-21/h4-7,13-14,20-21H,2-3,8-12,15H2,1H3,(H,30,31)/t20-,21-/m1/s1. The predicted molar refractivity (Wildman–Crippen MR) is 125 cm³/mol. The topological polar surface area (TPSA) is 76.1 Å². The van der Waals surface area contributed by atoms with Gasteiger partial charge in [-0.3, -0.25) is 4.79 Å². The van der Waals surface area contributed by atoms with Crippen molar-refractivity contribution in [2.45, 2.75) is 44.1 Å². The molecule has 1 amide bonds. The van der Waals surface area contributed by atoms with Crippen LogP contribution in [-0.2, 0) is 9.53 Å². The smallest absolute Gasteiger partial charge is 0.335 e. The fraction of sp³-hybridized carbons (Fsp3) is 0.462. The molecule has 0 aromatic heterocycles. The molecule has 2 heterocycles. The van der Waals surface area contributed by atoms with E-state index in [2.05, 4.69) is 12.1 Å². The van der Waals surface area contributed by atoms with E-state index in [9.17, 15) is 14.7 Å². The van der Waals surface area contributed by atoms with Crippen LogP contribution in [0.5, 0.6) is 5.75 Å². The molecule has 6 nitrogen and oxygen atoms in total. The largest absolute Gasteiger partial charge is 0.495 e. The van der Waals surface area contributed by atoms with E-state index in [4.69, 9.17) is 21.1 Å². The molecule has 0 bridgehead atoms. The lowest BCUT2D eigenvalue weighted by atomic mass is 9.88. The Labute approximate surface area is 198 Å². The van der Waals surface area contributed by atoms with Crippen molar-refractivity contribution in [3.05, 3.63) is 52.5 Å². The van der Waals surface area contributed by atoms with Crippen LogP contribution >= 0.6 is 11.6 Å². The molecule has 7 heteroatoms. The Kier molecular flexibility index (Phi) is 5.83. The highest BCUT2D eigenvalue weighted by Gasteiger charge is 2.55. The van der Waals surface area contributed by atoms with Crippen LogP contribution in [0.1, 0.15) is 53.9 Å². The van der Waals surface area contributed by atoms with E-state index in [1.165, 1.54) is 18.7 Å². The van der Waals surface area contributed by atoms with Crippen LogP contribution in [0.15, 0.2) is 36.4 Å². The summed E-state index contributed by atoms with van der Waals surface area (Å²) in [5.41, 5.74) is 3.22. The van der Waals surface area contributed by atoms with E-state index in [0.29, 0.717) is 34.3 Å². The van der Waals surface area contributed by atoms with Crippen LogP contribution in [0, 0.1) is 5.41 Å². The SMILES string of the molecule is COc1cc(C(=O)O)cc(-c2ccc([C@H]3CC34CCN(C(=O)[C@H]3CCCO3)CC4)cc2)c1Cl. The van der Waals surface area contributed by atoms with Gasteiger partial charge in [0, 0.05) is 25.3 Å². The number of likely N-dealkylation sites (tertiary alicyclic amines) is 1. The minimum absolute atomic E-state index is 0.140. The van der Waals surface area contributed by atoms with Crippen molar-refractivity contribution in [3.63, 3.8) is 0 Å². The maximum atomic E-state index is 12.6. The fourth-order valence-corrected chi connectivity index (χ4v) is 5.79. The molecule has 1 spiro atoms. The number of carboxylic acids is 1.